The highest BCUT2D eigenvalue weighted by atomic mass is 19.4. The SMILES string of the molecule is Cc1c(C(=O)NCc2nc3ccccc3n2C)cnn1-c1ccc(C(F)(F)F)cn1. The summed E-state index contributed by atoms with van der Waals surface area (Å²) in [6.07, 6.45) is -2.37. The Kier molecular flexibility index (Phi) is 4.76. The number of nitrogens with zero attached hydrogens (tertiary/aromatic N) is 5. The zero-order chi connectivity index (χ0) is 21.5. The van der Waals surface area contributed by atoms with E-state index in [4.69, 9.17) is 0 Å². The van der Waals surface area contributed by atoms with Gasteiger partial charge in [0.15, 0.2) is 5.82 Å². The van der Waals surface area contributed by atoms with Crippen molar-refractivity contribution in [2.75, 3.05) is 0 Å². The highest BCUT2D eigenvalue weighted by molar-refractivity contribution is 5.95. The highest BCUT2D eigenvalue weighted by Gasteiger charge is 2.30. The molecule has 1 N–H and O–H groups in total. The van der Waals surface area contributed by atoms with Crippen molar-refractivity contribution in [3.8, 4) is 5.82 Å². The van der Waals surface area contributed by atoms with Gasteiger partial charge >= 0.3 is 6.18 Å². The lowest BCUT2D eigenvalue weighted by atomic mass is 10.2. The molecule has 0 unspecified atom stereocenters. The van der Waals surface area contributed by atoms with Gasteiger partial charge in [-0.3, -0.25) is 4.79 Å². The van der Waals surface area contributed by atoms with Crippen LogP contribution in [0.2, 0.25) is 0 Å². The maximum absolute atomic E-state index is 12.7. The van der Waals surface area contributed by atoms with Gasteiger partial charge in [-0.25, -0.2) is 14.6 Å². The van der Waals surface area contributed by atoms with E-state index in [2.05, 4.69) is 20.4 Å². The summed E-state index contributed by atoms with van der Waals surface area (Å²) in [6.45, 7) is 1.86. The smallest absolute Gasteiger partial charge is 0.345 e. The van der Waals surface area contributed by atoms with Gasteiger partial charge in [-0.1, -0.05) is 12.1 Å². The molecule has 0 atom stereocenters. The van der Waals surface area contributed by atoms with Crippen LogP contribution in [0.3, 0.4) is 0 Å². The molecular formula is C20H17F3N6O. The Balaban J connectivity index is 1.51. The van der Waals surface area contributed by atoms with Crippen molar-refractivity contribution >= 4 is 16.9 Å². The Labute approximate surface area is 169 Å². The van der Waals surface area contributed by atoms with Crippen molar-refractivity contribution in [3.05, 3.63) is 71.4 Å². The predicted molar refractivity (Wildman–Crippen MR) is 103 cm³/mol. The van der Waals surface area contributed by atoms with Crippen molar-refractivity contribution in [1.29, 1.82) is 0 Å². The van der Waals surface area contributed by atoms with Gasteiger partial charge < -0.3 is 9.88 Å². The first-order chi connectivity index (χ1) is 14.3. The molecule has 1 amide bonds. The number of aromatic nitrogens is 5. The molecule has 10 heteroatoms. The third kappa shape index (κ3) is 3.51. The summed E-state index contributed by atoms with van der Waals surface area (Å²) in [6, 6.07) is 9.79. The number of carbonyl (C=O) groups is 1. The molecule has 0 saturated heterocycles. The molecule has 0 aliphatic heterocycles. The lowest BCUT2D eigenvalue weighted by Crippen LogP contribution is -2.25. The summed E-state index contributed by atoms with van der Waals surface area (Å²) in [7, 11) is 1.87. The van der Waals surface area contributed by atoms with Crippen LogP contribution in [0, 0.1) is 6.92 Å². The van der Waals surface area contributed by atoms with Crippen LogP contribution in [0.15, 0.2) is 48.8 Å². The monoisotopic (exact) mass is 414 g/mol. The van der Waals surface area contributed by atoms with Gasteiger partial charge in [-0.15, -0.1) is 0 Å². The molecule has 1 aromatic carbocycles. The topological polar surface area (TPSA) is 77.6 Å². The number of halogens is 3. The number of imidazole rings is 1. The molecule has 4 aromatic rings. The van der Waals surface area contributed by atoms with Crippen molar-refractivity contribution in [2.45, 2.75) is 19.6 Å². The van der Waals surface area contributed by atoms with E-state index < -0.39 is 11.7 Å². The van der Waals surface area contributed by atoms with E-state index >= 15 is 0 Å². The summed E-state index contributed by atoms with van der Waals surface area (Å²) in [5.74, 6) is 0.520. The van der Waals surface area contributed by atoms with Crippen molar-refractivity contribution in [3.63, 3.8) is 0 Å². The molecule has 0 radical (unpaired) electrons. The number of hydrogen-bond donors (Lipinski definition) is 1. The molecule has 0 fully saturated rings. The van der Waals surface area contributed by atoms with Crippen LogP contribution in [-0.4, -0.2) is 30.2 Å². The van der Waals surface area contributed by atoms with Crippen LogP contribution >= 0.6 is 0 Å². The van der Waals surface area contributed by atoms with E-state index in [1.54, 1.807) is 6.92 Å². The standard InChI is InChI=1S/C20H17F3N6O/c1-12-14(10-26-29(12)17-8-7-13(9-24-17)20(21,22)23)19(30)25-11-18-27-15-5-3-4-6-16(15)28(18)2/h3-10H,11H2,1-2H3,(H,25,30). The van der Waals surface area contributed by atoms with E-state index in [0.717, 1.165) is 23.3 Å². The van der Waals surface area contributed by atoms with Crippen LogP contribution in [0.1, 0.15) is 27.4 Å². The van der Waals surface area contributed by atoms with Crippen LogP contribution in [0.4, 0.5) is 13.2 Å². The summed E-state index contributed by atoms with van der Waals surface area (Å²) in [5, 5.41) is 6.90. The first kappa shape index (κ1) is 19.6. The molecule has 7 nitrogen and oxygen atoms in total. The van der Waals surface area contributed by atoms with Crippen LogP contribution in [0.25, 0.3) is 16.9 Å². The van der Waals surface area contributed by atoms with Gasteiger partial charge in [0.1, 0.15) is 5.82 Å². The van der Waals surface area contributed by atoms with Crippen molar-refractivity contribution in [1.82, 2.24) is 29.6 Å². The number of alkyl halides is 3. The number of nitrogens with one attached hydrogen (secondary N) is 1. The first-order valence-corrected chi connectivity index (χ1v) is 9.02. The average Bonchev–Trinajstić information content (AvgIpc) is 3.26. The summed E-state index contributed by atoms with van der Waals surface area (Å²) in [5.41, 5.74) is 1.71. The zero-order valence-corrected chi connectivity index (χ0v) is 16.1. The number of aryl methyl sites for hydroxylation is 1. The van der Waals surface area contributed by atoms with Crippen LogP contribution in [-0.2, 0) is 19.8 Å². The van der Waals surface area contributed by atoms with Gasteiger partial charge in [0.25, 0.3) is 5.91 Å². The molecule has 0 aliphatic carbocycles. The Morgan fingerprint density at radius 2 is 1.90 bits per heavy atom. The zero-order valence-electron chi connectivity index (χ0n) is 16.1. The second-order valence-electron chi connectivity index (χ2n) is 6.72. The van der Waals surface area contributed by atoms with E-state index in [0.29, 0.717) is 17.1 Å². The number of para-hydroxylation sites is 2. The maximum atomic E-state index is 12.7. The van der Waals surface area contributed by atoms with E-state index in [-0.39, 0.29) is 18.3 Å². The maximum Gasteiger partial charge on any atom is 0.417 e. The highest BCUT2D eigenvalue weighted by Crippen LogP contribution is 2.28. The molecule has 30 heavy (non-hydrogen) atoms. The van der Waals surface area contributed by atoms with Crippen molar-refractivity contribution < 1.29 is 18.0 Å². The van der Waals surface area contributed by atoms with Gasteiger partial charge in [-0.05, 0) is 31.2 Å². The minimum absolute atomic E-state index is 0.190. The molecule has 0 saturated carbocycles. The number of rotatable bonds is 4. The van der Waals surface area contributed by atoms with Gasteiger partial charge in [0.05, 0.1) is 40.6 Å². The van der Waals surface area contributed by atoms with Crippen LogP contribution < -0.4 is 5.32 Å². The van der Waals surface area contributed by atoms with E-state index in [1.807, 2.05) is 35.9 Å². The summed E-state index contributed by atoms with van der Waals surface area (Å²) < 4.78 is 41.4. The summed E-state index contributed by atoms with van der Waals surface area (Å²) >= 11 is 0. The fourth-order valence-corrected chi connectivity index (χ4v) is 3.15. The largest absolute Gasteiger partial charge is 0.417 e. The number of carbonyl (C=O) groups excluding carboxylic acids is 1. The van der Waals surface area contributed by atoms with Crippen LogP contribution in [0.5, 0.6) is 0 Å². The molecule has 3 heterocycles. The predicted octanol–water partition coefficient (Wildman–Crippen LogP) is 3.41. The molecular weight excluding hydrogens is 397 g/mol. The quantitative estimate of drug-likeness (QED) is 0.555. The number of benzene rings is 1. The van der Waals surface area contributed by atoms with Gasteiger partial charge in [-0.2, -0.15) is 18.3 Å². The Bertz CT molecular complexity index is 1220. The molecule has 4 rings (SSSR count). The minimum atomic E-state index is -4.47. The lowest BCUT2D eigenvalue weighted by molar-refractivity contribution is -0.137. The molecule has 154 valence electrons. The second-order valence-corrected chi connectivity index (χ2v) is 6.72. The van der Waals surface area contributed by atoms with Crippen molar-refractivity contribution in [2.24, 2.45) is 7.05 Å². The number of pyridine rings is 1. The third-order valence-corrected chi connectivity index (χ3v) is 4.83. The fourth-order valence-electron chi connectivity index (χ4n) is 3.15. The molecule has 0 spiro atoms. The number of amides is 1. The second kappa shape index (κ2) is 7.29. The first-order valence-electron chi connectivity index (χ1n) is 9.02. The Morgan fingerprint density at radius 3 is 2.57 bits per heavy atom. The Morgan fingerprint density at radius 1 is 1.13 bits per heavy atom. The lowest BCUT2D eigenvalue weighted by Gasteiger charge is -2.08. The summed E-state index contributed by atoms with van der Waals surface area (Å²) in [4.78, 5) is 20.9. The normalized spacial score (nSPS) is 11.8. The minimum Gasteiger partial charge on any atom is -0.345 e. The Hall–Kier alpha value is -3.69. The van der Waals surface area contributed by atoms with E-state index in [9.17, 15) is 18.0 Å². The molecule has 0 aliphatic rings. The molecule has 0 bridgehead atoms. The fraction of sp³-hybridized carbons (Fsp3) is 0.200. The number of fused-ring (bicyclic) bond motifs is 1. The third-order valence-electron chi connectivity index (χ3n) is 4.83. The van der Waals surface area contributed by atoms with Gasteiger partial charge in [0, 0.05) is 13.2 Å². The molecule has 3 aromatic heterocycles. The van der Waals surface area contributed by atoms with E-state index in [1.165, 1.54) is 16.9 Å². The van der Waals surface area contributed by atoms with Gasteiger partial charge in [0.2, 0.25) is 0 Å². The average molecular weight is 414 g/mol. The number of hydrogen-bond acceptors (Lipinski definition) is 4.